The molecule has 1 aromatic rings. The van der Waals surface area contributed by atoms with Crippen molar-refractivity contribution in [1.82, 2.24) is 5.43 Å². The molecule has 0 aromatic heterocycles. The van der Waals surface area contributed by atoms with Gasteiger partial charge in [-0.3, -0.25) is 10.4 Å². The van der Waals surface area contributed by atoms with E-state index < -0.39 is 0 Å². The van der Waals surface area contributed by atoms with Crippen LogP contribution in [0.3, 0.4) is 0 Å². The van der Waals surface area contributed by atoms with Crippen LogP contribution in [-0.4, -0.2) is 26.7 Å². The molecule has 0 bridgehead atoms. The second kappa shape index (κ2) is 7.81. The lowest BCUT2D eigenvalue weighted by molar-refractivity contribution is 0.396. The van der Waals surface area contributed by atoms with Crippen molar-refractivity contribution in [2.45, 2.75) is 13.8 Å². The third-order valence-electron chi connectivity index (χ3n) is 2.48. The summed E-state index contributed by atoms with van der Waals surface area (Å²) in [6.45, 7) is 4.80. The van der Waals surface area contributed by atoms with Gasteiger partial charge in [0.15, 0.2) is 0 Å². The number of methoxy groups -OCH3 is 2. The lowest BCUT2D eigenvalue weighted by Crippen LogP contribution is -2.36. The van der Waals surface area contributed by atoms with E-state index in [0.717, 1.165) is 0 Å². The number of nitrogens with one attached hydrogen (secondary N) is 2. The van der Waals surface area contributed by atoms with Crippen LogP contribution in [0.25, 0.3) is 0 Å². The maximum Gasteiger partial charge on any atom is 0.210 e. The van der Waals surface area contributed by atoms with E-state index in [2.05, 4.69) is 29.6 Å². The zero-order chi connectivity index (χ0) is 15.1. The Morgan fingerprint density at radius 3 is 2.45 bits per heavy atom. The van der Waals surface area contributed by atoms with Gasteiger partial charge in [-0.15, -0.1) is 0 Å². The molecule has 6 nitrogen and oxygen atoms in total. The number of benzene rings is 1. The first kappa shape index (κ1) is 16.4. The molecular formula is C13H21ClN4O2. The minimum Gasteiger partial charge on any atom is -0.495 e. The molecule has 0 amide bonds. The Morgan fingerprint density at radius 2 is 1.95 bits per heavy atom. The number of hydrogen-bond acceptors (Lipinski definition) is 4. The number of nitrogens with zero attached hydrogens (tertiary/aromatic N) is 1. The monoisotopic (exact) mass is 300 g/mol. The maximum absolute atomic E-state index is 6.10. The van der Waals surface area contributed by atoms with Gasteiger partial charge in [0.05, 0.1) is 24.9 Å². The molecule has 0 saturated carbocycles. The third-order valence-corrected chi connectivity index (χ3v) is 2.77. The maximum atomic E-state index is 6.10. The van der Waals surface area contributed by atoms with Crippen molar-refractivity contribution < 1.29 is 9.47 Å². The average molecular weight is 301 g/mol. The molecule has 112 valence electrons. The van der Waals surface area contributed by atoms with Gasteiger partial charge in [0.25, 0.3) is 0 Å². The van der Waals surface area contributed by atoms with Gasteiger partial charge in [-0.1, -0.05) is 25.4 Å². The standard InChI is InChI=1S/C13H21ClN4O2/c1-8(2)7-16-13(18-15)17-10-5-9(14)11(19-3)6-12(10)20-4/h5-6,8H,7,15H2,1-4H3,(H2,16,17,18). The summed E-state index contributed by atoms with van der Waals surface area (Å²) in [4.78, 5) is 4.32. The van der Waals surface area contributed by atoms with Crippen LogP contribution in [-0.2, 0) is 0 Å². The Hall–Kier alpha value is -1.66. The fourth-order valence-electron chi connectivity index (χ4n) is 1.48. The number of ether oxygens (including phenoxy) is 2. The fraction of sp³-hybridized carbons (Fsp3) is 0.462. The highest BCUT2D eigenvalue weighted by atomic mass is 35.5. The van der Waals surface area contributed by atoms with E-state index in [1.165, 1.54) is 0 Å². The molecule has 0 saturated heterocycles. The van der Waals surface area contributed by atoms with Crippen LogP contribution in [0.5, 0.6) is 11.5 Å². The highest BCUT2D eigenvalue weighted by molar-refractivity contribution is 6.32. The molecule has 0 aliphatic carbocycles. The summed E-state index contributed by atoms with van der Waals surface area (Å²) in [5.41, 5.74) is 3.17. The van der Waals surface area contributed by atoms with Crippen LogP contribution in [0, 0.1) is 5.92 Å². The predicted octanol–water partition coefficient (Wildman–Crippen LogP) is 2.24. The van der Waals surface area contributed by atoms with Gasteiger partial charge in [0.1, 0.15) is 11.5 Å². The van der Waals surface area contributed by atoms with Crippen molar-refractivity contribution in [3.8, 4) is 11.5 Å². The zero-order valence-corrected chi connectivity index (χ0v) is 12.9. The van der Waals surface area contributed by atoms with E-state index in [-0.39, 0.29) is 0 Å². The van der Waals surface area contributed by atoms with E-state index in [9.17, 15) is 0 Å². The number of aliphatic imine (C=N–C) groups is 1. The van der Waals surface area contributed by atoms with Gasteiger partial charge in [-0.05, 0) is 12.0 Å². The lowest BCUT2D eigenvalue weighted by Gasteiger charge is -2.15. The Labute approximate surface area is 124 Å². The first-order valence-corrected chi connectivity index (χ1v) is 6.59. The lowest BCUT2D eigenvalue weighted by atomic mass is 10.2. The molecule has 0 spiro atoms. The summed E-state index contributed by atoms with van der Waals surface area (Å²) in [5.74, 6) is 7.45. The number of nitrogens with two attached hydrogens (primary N) is 1. The normalized spacial score (nSPS) is 11.4. The molecule has 0 unspecified atom stereocenters. The summed E-state index contributed by atoms with van der Waals surface area (Å²) >= 11 is 6.10. The van der Waals surface area contributed by atoms with Crippen molar-refractivity contribution in [2.75, 3.05) is 26.1 Å². The van der Waals surface area contributed by atoms with Gasteiger partial charge in [-0.2, -0.15) is 0 Å². The summed E-state index contributed by atoms with van der Waals surface area (Å²) in [5, 5.41) is 3.51. The molecular weight excluding hydrogens is 280 g/mol. The first-order valence-electron chi connectivity index (χ1n) is 6.21. The topological polar surface area (TPSA) is 80.9 Å². The van der Waals surface area contributed by atoms with Crippen LogP contribution < -0.4 is 26.1 Å². The minimum atomic E-state index is 0.432. The predicted molar refractivity (Wildman–Crippen MR) is 82.6 cm³/mol. The van der Waals surface area contributed by atoms with Crippen LogP contribution >= 0.6 is 11.6 Å². The molecule has 0 radical (unpaired) electrons. The van der Waals surface area contributed by atoms with Crippen molar-refractivity contribution in [2.24, 2.45) is 16.8 Å². The number of guanidine groups is 1. The average Bonchev–Trinajstić information content (AvgIpc) is 2.43. The molecule has 0 fully saturated rings. The highest BCUT2D eigenvalue weighted by Crippen LogP contribution is 2.35. The Balaban J connectivity index is 3.00. The number of anilines is 1. The second-order valence-corrected chi connectivity index (χ2v) is 4.95. The van der Waals surface area contributed by atoms with Crippen molar-refractivity contribution in [1.29, 1.82) is 0 Å². The molecule has 4 N–H and O–H groups in total. The van der Waals surface area contributed by atoms with Gasteiger partial charge < -0.3 is 14.8 Å². The number of hydrogen-bond donors (Lipinski definition) is 3. The minimum absolute atomic E-state index is 0.432. The Morgan fingerprint density at radius 1 is 1.30 bits per heavy atom. The van der Waals surface area contributed by atoms with Crippen molar-refractivity contribution >= 4 is 23.2 Å². The van der Waals surface area contributed by atoms with E-state index in [1.54, 1.807) is 26.4 Å². The Kier molecular flexibility index (Phi) is 6.41. The molecule has 1 rings (SSSR count). The third kappa shape index (κ3) is 4.47. The van der Waals surface area contributed by atoms with Crippen molar-refractivity contribution in [3.63, 3.8) is 0 Å². The summed E-state index contributed by atoms with van der Waals surface area (Å²) < 4.78 is 10.4. The SMILES string of the molecule is COc1cc(OC)c(NC(=NCC(C)C)NN)cc1Cl. The molecule has 0 aliphatic rings. The van der Waals surface area contributed by atoms with Crippen LogP contribution in [0.4, 0.5) is 5.69 Å². The molecule has 1 aromatic carbocycles. The smallest absolute Gasteiger partial charge is 0.210 e. The molecule has 0 heterocycles. The summed E-state index contributed by atoms with van der Waals surface area (Å²) in [6, 6.07) is 3.39. The van der Waals surface area contributed by atoms with Gasteiger partial charge in [0, 0.05) is 12.6 Å². The fourth-order valence-corrected chi connectivity index (χ4v) is 1.72. The first-order chi connectivity index (χ1) is 9.51. The number of hydrazine groups is 1. The van der Waals surface area contributed by atoms with Crippen LogP contribution in [0.1, 0.15) is 13.8 Å². The molecule has 0 atom stereocenters. The van der Waals surface area contributed by atoms with Gasteiger partial charge in [-0.25, -0.2) is 5.84 Å². The van der Waals surface area contributed by atoms with E-state index in [4.69, 9.17) is 26.9 Å². The van der Waals surface area contributed by atoms with Gasteiger partial charge >= 0.3 is 0 Å². The largest absolute Gasteiger partial charge is 0.495 e. The number of rotatable bonds is 5. The van der Waals surface area contributed by atoms with Crippen LogP contribution in [0.2, 0.25) is 5.02 Å². The van der Waals surface area contributed by atoms with E-state index >= 15 is 0 Å². The van der Waals surface area contributed by atoms with Crippen LogP contribution in [0.15, 0.2) is 17.1 Å². The number of halogens is 1. The van der Waals surface area contributed by atoms with Gasteiger partial charge in [0.2, 0.25) is 5.96 Å². The highest BCUT2D eigenvalue weighted by Gasteiger charge is 2.11. The summed E-state index contributed by atoms with van der Waals surface area (Å²) in [6.07, 6.45) is 0. The second-order valence-electron chi connectivity index (χ2n) is 4.54. The van der Waals surface area contributed by atoms with E-state index in [1.807, 2.05) is 0 Å². The van der Waals surface area contributed by atoms with E-state index in [0.29, 0.717) is 40.6 Å². The molecule has 0 aliphatic heterocycles. The Bertz CT molecular complexity index is 478. The molecule has 20 heavy (non-hydrogen) atoms. The molecule has 7 heteroatoms. The quantitative estimate of drug-likeness (QED) is 0.336. The zero-order valence-electron chi connectivity index (χ0n) is 12.2. The van der Waals surface area contributed by atoms with Crippen molar-refractivity contribution in [3.05, 3.63) is 17.2 Å². The summed E-state index contributed by atoms with van der Waals surface area (Å²) in [7, 11) is 3.11.